The number of piperidine rings is 1. The first-order valence-electron chi connectivity index (χ1n) is 5.68. The number of halogens is 2. The molecular weight excluding hydrogens is 382 g/mol. The number of amides is 2. The fraction of sp³-hybridized carbons (Fsp3) is 0.500. The first kappa shape index (κ1) is 14.2. The predicted octanol–water partition coefficient (Wildman–Crippen LogP) is 3.68. The van der Waals surface area contributed by atoms with Gasteiger partial charge in [0.05, 0.1) is 3.79 Å². The molecule has 0 bridgehead atoms. The van der Waals surface area contributed by atoms with Crippen LogP contribution in [0.5, 0.6) is 0 Å². The zero-order valence-electron chi connectivity index (χ0n) is 10.00. The summed E-state index contributed by atoms with van der Waals surface area (Å²) in [5.41, 5.74) is 0. The van der Waals surface area contributed by atoms with E-state index in [1.165, 1.54) is 0 Å². The minimum Gasteiger partial charge on any atom is -0.296 e. The quantitative estimate of drug-likeness (QED) is 0.777. The lowest BCUT2D eigenvalue weighted by atomic mass is 9.77. The summed E-state index contributed by atoms with van der Waals surface area (Å²) in [6.07, 6.45) is 0.383. The molecule has 0 spiro atoms. The zero-order valence-corrected chi connectivity index (χ0v) is 14.0. The molecule has 98 valence electrons. The van der Waals surface area contributed by atoms with Gasteiger partial charge in [-0.15, -0.1) is 11.3 Å². The van der Waals surface area contributed by atoms with Crippen LogP contribution in [0, 0.1) is 11.8 Å². The highest BCUT2D eigenvalue weighted by molar-refractivity contribution is 9.13. The Kier molecular flexibility index (Phi) is 4.29. The number of imide groups is 1. The maximum Gasteiger partial charge on any atom is 0.230 e. The fourth-order valence-corrected chi connectivity index (χ4v) is 4.61. The van der Waals surface area contributed by atoms with Gasteiger partial charge in [0.15, 0.2) is 0 Å². The van der Waals surface area contributed by atoms with E-state index in [4.69, 9.17) is 0 Å². The summed E-state index contributed by atoms with van der Waals surface area (Å²) in [6, 6.07) is 2.00. The van der Waals surface area contributed by atoms with E-state index in [-0.39, 0.29) is 29.6 Å². The zero-order chi connectivity index (χ0) is 13.4. The van der Waals surface area contributed by atoms with Crippen molar-refractivity contribution >= 4 is 55.0 Å². The van der Waals surface area contributed by atoms with Crippen LogP contribution in [-0.2, 0) is 9.59 Å². The number of hydrogen-bond acceptors (Lipinski definition) is 3. The number of rotatable bonds is 2. The molecule has 2 amide bonds. The lowest BCUT2D eigenvalue weighted by Gasteiger charge is -2.31. The highest BCUT2D eigenvalue weighted by Crippen LogP contribution is 2.43. The van der Waals surface area contributed by atoms with Crippen LogP contribution >= 0.6 is 43.2 Å². The van der Waals surface area contributed by atoms with Gasteiger partial charge in [0.25, 0.3) is 0 Å². The molecule has 2 atom stereocenters. The van der Waals surface area contributed by atoms with Crippen molar-refractivity contribution in [2.75, 3.05) is 0 Å². The van der Waals surface area contributed by atoms with E-state index in [9.17, 15) is 9.59 Å². The fourth-order valence-electron chi connectivity index (χ4n) is 2.37. The maximum absolute atomic E-state index is 12.0. The van der Waals surface area contributed by atoms with Crippen LogP contribution in [0.1, 0.15) is 31.1 Å². The summed E-state index contributed by atoms with van der Waals surface area (Å²) >= 11 is 8.49. The minimum atomic E-state index is -0.178. The lowest BCUT2D eigenvalue weighted by Crippen LogP contribution is -2.46. The van der Waals surface area contributed by atoms with Crippen molar-refractivity contribution in [1.29, 1.82) is 0 Å². The van der Waals surface area contributed by atoms with Crippen molar-refractivity contribution in [3.05, 3.63) is 19.2 Å². The number of thiophene rings is 1. The summed E-state index contributed by atoms with van der Waals surface area (Å²) in [5, 5.41) is 2.44. The standard InChI is InChI=1S/C12H13Br2NO2S/c1-5(2)10-6(3-9(16)15-12(10)17)8-4-7(13)11(14)18-8/h4-6,10H,3H2,1-2H3,(H,15,16,17). The van der Waals surface area contributed by atoms with Gasteiger partial charge in [-0.3, -0.25) is 14.9 Å². The second kappa shape index (κ2) is 5.43. The monoisotopic (exact) mass is 393 g/mol. The summed E-state index contributed by atoms with van der Waals surface area (Å²) in [4.78, 5) is 24.6. The van der Waals surface area contributed by atoms with Crippen molar-refractivity contribution in [1.82, 2.24) is 5.32 Å². The second-order valence-electron chi connectivity index (χ2n) is 4.76. The highest BCUT2D eigenvalue weighted by Gasteiger charge is 2.39. The van der Waals surface area contributed by atoms with E-state index in [0.717, 1.165) is 13.1 Å². The largest absolute Gasteiger partial charge is 0.296 e. The molecule has 1 fully saturated rings. The maximum atomic E-state index is 12.0. The molecule has 0 radical (unpaired) electrons. The predicted molar refractivity (Wildman–Crippen MR) is 78.6 cm³/mol. The Morgan fingerprint density at radius 2 is 2.06 bits per heavy atom. The van der Waals surface area contributed by atoms with Crippen LogP contribution in [0.3, 0.4) is 0 Å². The van der Waals surface area contributed by atoms with E-state index in [1.54, 1.807) is 11.3 Å². The van der Waals surface area contributed by atoms with Crippen LogP contribution in [0.2, 0.25) is 0 Å². The summed E-state index contributed by atoms with van der Waals surface area (Å²) < 4.78 is 1.97. The number of carbonyl (C=O) groups excluding carboxylic acids is 2. The Hall–Kier alpha value is -0.200. The lowest BCUT2D eigenvalue weighted by molar-refractivity contribution is -0.138. The molecule has 0 aliphatic carbocycles. The third-order valence-electron chi connectivity index (χ3n) is 3.15. The molecule has 1 saturated heterocycles. The molecule has 0 saturated carbocycles. The van der Waals surface area contributed by atoms with Gasteiger partial charge >= 0.3 is 0 Å². The Labute approximate surface area is 127 Å². The molecule has 1 aliphatic rings. The molecule has 2 unspecified atom stereocenters. The molecule has 3 nitrogen and oxygen atoms in total. The molecule has 1 aromatic heterocycles. The molecule has 1 aromatic rings. The normalized spacial score (nSPS) is 24.5. The van der Waals surface area contributed by atoms with Crippen LogP contribution in [0.15, 0.2) is 14.3 Å². The van der Waals surface area contributed by atoms with Gasteiger partial charge in [0.1, 0.15) is 0 Å². The smallest absolute Gasteiger partial charge is 0.230 e. The van der Waals surface area contributed by atoms with Gasteiger partial charge in [-0.2, -0.15) is 0 Å². The average Bonchev–Trinajstić information content (AvgIpc) is 2.57. The van der Waals surface area contributed by atoms with E-state index in [1.807, 2.05) is 19.9 Å². The third kappa shape index (κ3) is 2.70. The molecule has 2 heterocycles. The number of nitrogens with one attached hydrogen (secondary N) is 1. The van der Waals surface area contributed by atoms with E-state index >= 15 is 0 Å². The molecule has 2 rings (SSSR count). The van der Waals surface area contributed by atoms with Gasteiger partial charge in [-0.1, -0.05) is 13.8 Å². The molecule has 6 heteroatoms. The van der Waals surface area contributed by atoms with Gasteiger partial charge in [-0.05, 0) is 43.8 Å². The van der Waals surface area contributed by atoms with Crippen LogP contribution in [0.25, 0.3) is 0 Å². The van der Waals surface area contributed by atoms with E-state index < -0.39 is 0 Å². The van der Waals surface area contributed by atoms with E-state index in [2.05, 4.69) is 37.2 Å². The number of carbonyl (C=O) groups is 2. The van der Waals surface area contributed by atoms with Crippen molar-refractivity contribution in [3.8, 4) is 0 Å². The van der Waals surface area contributed by atoms with E-state index in [0.29, 0.717) is 6.42 Å². The summed E-state index contributed by atoms with van der Waals surface area (Å²) in [6.45, 7) is 4.04. The minimum absolute atomic E-state index is 0.0150. The first-order chi connectivity index (χ1) is 8.40. The molecule has 18 heavy (non-hydrogen) atoms. The topological polar surface area (TPSA) is 46.2 Å². The van der Waals surface area contributed by atoms with Crippen molar-refractivity contribution < 1.29 is 9.59 Å². The summed E-state index contributed by atoms with van der Waals surface area (Å²) in [7, 11) is 0. The van der Waals surface area contributed by atoms with Crippen LogP contribution in [-0.4, -0.2) is 11.8 Å². The van der Waals surface area contributed by atoms with Gasteiger partial charge in [0, 0.05) is 27.6 Å². The van der Waals surface area contributed by atoms with Crippen LogP contribution < -0.4 is 5.32 Å². The van der Waals surface area contributed by atoms with Crippen molar-refractivity contribution in [2.45, 2.75) is 26.2 Å². The number of hydrogen-bond donors (Lipinski definition) is 1. The Morgan fingerprint density at radius 1 is 1.39 bits per heavy atom. The average molecular weight is 395 g/mol. The third-order valence-corrected chi connectivity index (χ3v) is 6.54. The molecular formula is C12H13Br2NO2S. The second-order valence-corrected chi connectivity index (χ2v) is 8.02. The Bertz CT molecular complexity index is 479. The van der Waals surface area contributed by atoms with Gasteiger partial charge in [-0.25, -0.2) is 0 Å². The summed E-state index contributed by atoms with van der Waals surface area (Å²) in [5.74, 6) is -0.267. The van der Waals surface area contributed by atoms with Crippen molar-refractivity contribution in [3.63, 3.8) is 0 Å². The Balaban J connectivity index is 2.37. The molecule has 1 N–H and O–H groups in total. The molecule has 0 aromatic carbocycles. The highest BCUT2D eigenvalue weighted by atomic mass is 79.9. The molecule has 1 aliphatic heterocycles. The SMILES string of the molecule is CC(C)C1C(=O)NC(=O)CC1c1cc(Br)c(Br)s1. The Morgan fingerprint density at radius 3 is 2.56 bits per heavy atom. The first-order valence-corrected chi connectivity index (χ1v) is 8.08. The van der Waals surface area contributed by atoms with Gasteiger partial charge in [0.2, 0.25) is 11.8 Å². The van der Waals surface area contributed by atoms with Crippen LogP contribution in [0.4, 0.5) is 0 Å². The van der Waals surface area contributed by atoms with Gasteiger partial charge < -0.3 is 0 Å². The van der Waals surface area contributed by atoms with Crippen molar-refractivity contribution in [2.24, 2.45) is 11.8 Å².